The number of esters is 1. The normalized spacial score (nSPS) is 10.4. The number of benzene rings is 1. The topological polar surface area (TPSA) is 46.6 Å². The largest absolute Gasteiger partial charge is 0.465 e. The predicted octanol–water partition coefficient (Wildman–Crippen LogP) is 3.04. The Morgan fingerprint density at radius 1 is 1.43 bits per heavy atom. The number of hydrogen-bond acceptors (Lipinski definition) is 3. The molecule has 21 heavy (non-hydrogen) atoms. The van der Waals surface area contributed by atoms with Crippen LogP contribution in [0.5, 0.6) is 0 Å². The number of rotatable bonds is 7. The second-order valence-corrected chi connectivity index (χ2v) is 5.12. The van der Waals surface area contributed by atoms with Crippen LogP contribution < -0.4 is 0 Å². The van der Waals surface area contributed by atoms with Crippen LogP contribution in [0, 0.1) is 0 Å². The molecule has 0 aromatic heterocycles. The highest BCUT2D eigenvalue weighted by molar-refractivity contribution is 9.10. The first-order valence-electron chi connectivity index (χ1n) is 6.56. The lowest BCUT2D eigenvalue weighted by molar-refractivity contribution is -0.147. The van der Waals surface area contributed by atoms with Crippen LogP contribution in [0.15, 0.2) is 47.5 Å². The van der Waals surface area contributed by atoms with Crippen molar-refractivity contribution in [1.29, 1.82) is 0 Å². The van der Waals surface area contributed by atoms with Gasteiger partial charge in [-0.05, 0) is 30.7 Å². The SMILES string of the molecule is C=CCN(CC(=O)OCC)C(=O)/C=C/c1cccc(Br)c1. The molecule has 0 aliphatic carbocycles. The van der Waals surface area contributed by atoms with Gasteiger partial charge < -0.3 is 9.64 Å². The zero-order valence-electron chi connectivity index (χ0n) is 11.9. The Hall–Kier alpha value is -1.88. The number of ether oxygens (including phenoxy) is 1. The first-order chi connectivity index (χ1) is 10.1. The van der Waals surface area contributed by atoms with E-state index in [0.717, 1.165) is 10.0 Å². The molecule has 0 unspecified atom stereocenters. The van der Waals surface area contributed by atoms with Crippen molar-refractivity contribution in [3.8, 4) is 0 Å². The number of carbonyl (C=O) groups excluding carboxylic acids is 2. The van der Waals surface area contributed by atoms with Gasteiger partial charge in [0.05, 0.1) is 6.61 Å². The molecule has 0 spiro atoms. The molecule has 0 bridgehead atoms. The maximum atomic E-state index is 12.1. The molecule has 0 N–H and O–H groups in total. The lowest BCUT2D eigenvalue weighted by Crippen LogP contribution is -2.35. The maximum Gasteiger partial charge on any atom is 0.325 e. The summed E-state index contributed by atoms with van der Waals surface area (Å²) in [6.45, 7) is 5.82. The Labute approximate surface area is 133 Å². The summed E-state index contributed by atoms with van der Waals surface area (Å²) < 4.78 is 5.79. The van der Waals surface area contributed by atoms with Crippen molar-refractivity contribution in [1.82, 2.24) is 4.90 Å². The van der Waals surface area contributed by atoms with Crippen LogP contribution in [0.2, 0.25) is 0 Å². The number of amides is 1. The zero-order valence-corrected chi connectivity index (χ0v) is 13.5. The van der Waals surface area contributed by atoms with Gasteiger partial charge in [-0.15, -0.1) is 6.58 Å². The van der Waals surface area contributed by atoms with Crippen LogP contribution >= 0.6 is 15.9 Å². The lowest BCUT2D eigenvalue weighted by Gasteiger charge is -2.18. The third-order valence-corrected chi connectivity index (χ3v) is 3.05. The van der Waals surface area contributed by atoms with E-state index >= 15 is 0 Å². The Morgan fingerprint density at radius 3 is 2.81 bits per heavy atom. The first kappa shape index (κ1) is 17.2. The molecule has 112 valence electrons. The summed E-state index contributed by atoms with van der Waals surface area (Å²) in [6.07, 6.45) is 4.71. The van der Waals surface area contributed by atoms with E-state index in [4.69, 9.17) is 4.74 Å². The molecule has 0 radical (unpaired) electrons. The van der Waals surface area contributed by atoms with Gasteiger partial charge in [-0.3, -0.25) is 9.59 Å². The molecule has 0 atom stereocenters. The van der Waals surface area contributed by atoms with Crippen molar-refractivity contribution in [2.45, 2.75) is 6.92 Å². The lowest BCUT2D eigenvalue weighted by atomic mass is 10.2. The third kappa shape index (κ3) is 6.40. The van der Waals surface area contributed by atoms with E-state index in [2.05, 4.69) is 22.5 Å². The molecular weight excluding hydrogens is 334 g/mol. The van der Waals surface area contributed by atoms with Crippen LogP contribution in [-0.2, 0) is 14.3 Å². The van der Waals surface area contributed by atoms with Crippen LogP contribution in [0.25, 0.3) is 6.08 Å². The summed E-state index contributed by atoms with van der Waals surface area (Å²) in [5, 5.41) is 0. The molecule has 0 aliphatic rings. The average molecular weight is 352 g/mol. The standard InChI is InChI=1S/C16H18BrNO3/c1-3-10-18(12-16(20)21-4-2)15(19)9-8-13-6-5-7-14(17)11-13/h3,5-9,11H,1,4,10,12H2,2H3/b9-8+. The smallest absolute Gasteiger partial charge is 0.325 e. The fraction of sp³-hybridized carbons (Fsp3) is 0.250. The highest BCUT2D eigenvalue weighted by Crippen LogP contribution is 2.12. The Morgan fingerprint density at radius 2 is 2.19 bits per heavy atom. The second kappa shape index (κ2) is 9.13. The summed E-state index contributed by atoms with van der Waals surface area (Å²) in [5.74, 6) is -0.688. The molecule has 0 aliphatic heterocycles. The summed E-state index contributed by atoms with van der Waals surface area (Å²) >= 11 is 3.37. The van der Waals surface area contributed by atoms with Crippen LogP contribution in [0.1, 0.15) is 12.5 Å². The summed E-state index contributed by atoms with van der Waals surface area (Å²) in [5.41, 5.74) is 0.896. The zero-order chi connectivity index (χ0) is 15.7. The minimum atomic E-state index is -0.427. The number of hydrogen-bond donors (Lipinski definition) is 0. The van der Waals surface area contributed by atoms with E-state index in [9.17, 15) is 9.59 Å². The van der Waals surface area contributed by atoms with Crippen molar-refractivity contribution in [3.63, 3.8) is 0 Å². The third-order valence-electron chi connectivity index (χ3n) is 2.55. The van der Waals surface area contributed by atoms with Crippen molar-refractivity contribution in [2.75, 3.05) is 19.7 Å². The number of carbonyl (C=O) groups is 2. The fourth-order valence-electron chi connectivity index (χ4n) is 1.63. The van der Waals surface area contributed by atoms with Crippen molar-refractivity contribution >= 4 is 33.9 Å². The number of halogens is 1. The van der Waals surface area contributed by atoms with Gasteiger partial charge in [0.25, 0.3) is 0 Å². The van der Waals surface area contributed by atoms with Gasteiger partial charge >= 0.3 is 5.97 Å². The van der Waals surface area contributed by atoms with E-state index in [0.29, 0.717) is 13.2 Å². The molecule has 0 fully saturated rings. The molecule has 0 saturated heterocycles. The van der Waals surface area contributed by atoms with Gasteiger partial charge in [-0.25, -0.2) is 0 Å². The van der Waals surface area contributed by atoms with E-state index < -0.39 is 5.97 Å². The molecule has 1 aromatic rings. The average Bonchev–Trinajstić information content (AvgIpc) is 2.44. The van der Waals surface area contributed by atoms with E-state index in [1.165, 1.54) is 11.0 Å². The maximum absolute atomic E-state index is 12.1. The minimum Gasteiger partial charge on any atom is -0.465 e. The van der Waals surface area contributed by atoms with E-state index in [1.807, 2.05) is 24.3 Å². The van der Waals surface area contributed by atoms with Crippen LogP contribution in [0.4, 0.5) is 0 Å². The van der Waals surface area contributed by atoms with Crippen molar-refractivity contribution in [3.05, 3.63) is 53.0 Å². The molecule has 1 aromatic carbocycles. The molecule has 0 saturated carbocycles. The van der Waals surface area contributed by atoms with Crippen LogP contribution in [0.3, 0.4) is 0 Å². The fourth-order valence-corrected chi connectivity index (χ4v) is 2.05. The quantitative estimate of drug-likeness (QED) is 0.431. The molecule has 0 heterocycles. The van der Waals surface area contributed by atoms with E-state index in [-0.39, 0.29) is 12.5 Å². The van der Waals surface area contributed by atoms with Gasteiger partial charge in [0.1, 0.15) is 6.54 Å². The van der Waals surface area contributed by atoms with Gasteiger partial charge in [0.2, 0.25) is 5.91 Å². The molecule has 1 amide bonds. The van der Waals surface area contributed by atoms with Crippen molar-refractivity contribution < 1.29 is 14.3 Å². The van der Waals surface area contributed by atoms with E-state index in [1.54, 1.807) is 19.1 Å². The highest BCUT2D eigenvalue weighted by Gasteiger charge is 2.14. The number of nitrogens with zero attached hydrogens (tertiary/aromatic N) is 1. The van der Waals surface area contributed by atoms with Crippen LogP contribution in [-0.4, -0.2) is 36.5 Å². The summed E-state index contributed by atoms with van der Waals surface area (Å²) in [4.78, 5) is 24.9. The predicted molar refractivity (Wildman–Crippen MR) is 86.6 cm³/mol. The molecule has 5 heteroatoms. The van der Waals surface area contributed by atoms with Gasteiger partial charge in [-0.1, -0.05) is 34.1 Å². The Bertz CT molecular complexity index is 540. The highest BCUT2D eigenvalue weighted by atomic mass is 79.9. The molecular formula is C16H18BrNO3. The molecule has 4 nitrogen and oxygen atoms in total. The monoisotopic (exact) mass is 351 g/mol. The van der Waals surface area contributed by atoms with Crippen molar-refractivity contribution in [2.24, 2.45) is 0 Å². The minimum absolute atomic E-state index is 0.0818. The van der Waals surface area contributed by atoms with Gasteiger partial charge in [0.15, 0.2) is 0 Å². The first-order valence-corrected chi connectivity index (χ1v) is 7.35. The Kier molecular flexibility index (Phi) is 7.46. The molecule has 1 rings (SSSR count). The Balaban J connectivity index is 2.72. The van der Waals surface area contributed by atoms with Gasteiger partial charge in [-0.2, -0.15) is 0 Å². The summed E-state index contributed by atoms with van der Waals surface area (Å²) in [7, 11) is 0. The van der Waals surface area contributed by atoms with Gasteiger partial charge in [0, 0.05) is 17.1 Å². The summed E-state index contributed by atoms with van der Waals surface area (Å²) in [6, 6.07) is 7.57. The second-order valence-electron chi connectivity index (χ2n) is 4.20.